The van der Waals surface area contributed by atoms with E-state index in [4.69, 9.17) is 0 Å². The molecule has 20 heavy (non-hydrogen) atoms. The van der Waals surface area contributed by atoms with E-state index < -0.39 is 29.2 Å². The highest BCUT2D eigenvalue weighted by Gasteiger charge is 2.35. The van der Waals surface area contributed by atoms with Gasteiger partial charge in [-0.1, -0.05) is 0 Å². The van der Waals surface area contributed by atoms with E-state index in [1.807, 2.05) is 0 Å². The Bertz CT molecular complexity index is 609. The standard InChI is InChI=1S/C13H11F4NOS/c1-7-6-20-12(18-7)5-11(19)9-4-8(14)2-3-10(9)13(15,16)17/h2-4,6,11,19H,5H2,1H3. The normalized spacial score (nSPS) is 13.5. The Morgan fingerprint density at radius 2 is 2.05 bits per heavy atom. The second-order valence-corrected chi connectivity index (χ2v) is 5.27. The van der Waals surface area contributed by atoms with Gasteiger partial charge >= 0.3 is 6.18 Å². The molecule has 0 aliphatic carbocycles. The summed E-state index contributed by atoms with van der Waals surface area (Å²) < 4.78 is 51.7. The first-order chi connectivity index (χ1) is 9.27. The monoisotopic (exact) mass is 305 g/mol. The van der Waals surface area contributed by atoms with E-state index >= 15 is 0 Å². The fraction of sp³-hybridized carbons (Fsp3) is 0.308. The molecule has 0 fully saturated rings. The summed E-state index contributed by atoms with van der Waals surface area (Å²) in [6.45, 7) is 1.75. The smallest absolute Gasteiger partial charge is 0.388 e. The van der Waals surface area contributed by atoms with Gasteiger partial charge in [0.05, 0.1) is 16.7 Å². The van der Waals surface area contributed by atoms with Crippen molar-refractivity contribution in [2.75, 3.05) is 0 Å². The third-order valence-corrected chi connectivity index (χ3v) is 3.70. The van der Waals surface area contributed by atoms with E-state index in [1.54, 1.807) is 12.3 Å². The summed E-state index contributed by atoms with van der Waals surface area (Å²) in [5, 5.41) is 12.2. The van der Waals surface area contributed by atoms with Crippen LogP contribution in [0.15, 0.2) is 23.6 Å². The minimum absolute atomic E-state index is 0.0783. The number of hydrogen-bond donors (Lipinski definition) is 1. The maximum absolute atomic E-state index is 13.1. The molecule has 0 spiro atoms. The first-order valence-corrected chi connectivity index (χ1v) is 6.61. The predicted octanol–water partition coefficient (Wildman–Crippen LogP) is 3.89. The minimum atomic E-state index is -4.64. The van der Waals surface area contributed by atoms with Crippen LogP contribution in [0.2, 0.25) is 0 Å². The van der Waals surface area contributed by atoms with Gasteiger partial charge in [0.25, 0.3) is 0 Å². The van der Waals surface area contributed by atoms with Crippen LogP contribution in [0.5, 0.6) is 0 Å². The third-order valence-electron chi connectivity index (χ3n) is 2.71. The number of benzene rings is 1. The number of alkyl halides is 3. The maximum atomic E-state index is 13.1. The van der Waals surface area contributed by atoms with Gasteiger partial charge in [-0.05, 0) is 30.7 Å². The van der Waals surface area contributed by atoms with E-state index in [0.717, 1.165) is 11.8 Å². The molecule has 1 unspecified atom stereocenters. The number of aliphatic hydroxyl groups excluding tert-OH is 1. The van der Waals surface area contributed by atoms with Crippen molar-refractivity contribution >= 4 is 11.3 Å². The summed E-state index contributed by atoms with van der Waals surface area (Å²) in [4.78, 5) is 4.07. The molecule has 7 heteroatoms. The number of halogens is 4. The molecule has 2 rings (SSSR count). The molecule has 1 heterocycles. The fourth-order valence-corrected chi connectivity index (χ4v) is 2.65. The first-order valence-electron chi connectivity index (χ1n) is 5.73. The Balaban J connectivity index is 2.33. The fourth-order valence-electron chi connectivity index (χ4n) is 1.84. The second-order valence-electron chi connectivity index (χ2n) is 4.33. The average Bonchev–Trinajstić information content (AvgIpc) is 2.73. The van der Waals surface area contributed by atoms with Crippen molar-refractivity contribution in [1.29, 1.82) is 0 Å². The summed E-state index contributed by atoms with van der Waals surface area (Å²) in [6, 6.07) is 2.08. The maximum Gasteiger partial charge on any atom is 0.416 e. The highest BCUT2D eigenvalue weighted by Crippen LogP contribution is 2.36. The molecule has 0 aliphatic rings. The lowest BCUT2D eigenvalue weighted by Crippen LogP contribution is -2.13. The Hall–Kier alpha value is -1.47. The quantitative estimate of drug-likeness (QED) is 0.873. The molecule has 1 atom stereocenters. The molecule has 0 saturated heterocycles. The first kappa shape index (κ1) is 14.9. The number of thiazole rings is 1. The highest BCUT2D eigenvalue weighted by atomic mass is 32.1. The van der Waals surface area contributed by atoms with Gasteiger partial charge in [-0.15, -0.1) is 11.3 Å². The zero-order valence-electron chi connectivity index (χ0n) is 10.4. The van der Waals surface area contributed by atoms with Gasteiger partial charge in [-0.25, -0.2) is 9.37 Å². The number of aromatic nitrogens is 1. The molecule has 0 bridgehead atoms. The molecular weight excluding hydrogens is 294 g/mol. The Labute approximate surface area is 116 Å². The molecule has 0 radical (unpaired) electrons. The van der Waals surface area contributed by atoms with E-state index in [2.05, 4.69) is 4.98 Å². The van der Waals surface area contributed by atoms with Crippen molar-refractivity contribution in [2.45, 2.75) is 25.6 Å². The zero-order chi connectivity index (χ0) is 14.9. The predicted molar refractivity (Wildman–Crippen MR) is 66.9 cm³/mol. The van der Waals surface area contributed by atoms with Gasteiger partial charge in [0, 0.05) is 17.5 Å². The SMILES string of the molecule is Cc1csc(CC(O)c2cc(F)ccc2C(F)(F)F)n1. The third kappa shape index (κ3) is 3.34. The lowest BCUT2D eigenvalue weighted by molar-refractivity contribution is -0.139. The summed E-state index contributed by atoms with van der Waals surface area (Å²) in [5.41, 5.74) is -0.766. The second kappa shape index (κ2) is 5.49. The van der Waals surface area contributed by atoms with E-state index in [0.29, 0.717) is 17.1 Å². The summed E-state index contributed by atoms with van der Waals surface area (Å²) >= 11 is 1.24. The molecule has 1 aromatic heterocycles. The molecule has 2 aromatic rings. The van der Waals surface area contributed by atoms with Crippen LogP contribution >= 0.6 is 11.3 Å². The lowest BCUT2D eigenvalue weighted by atomic mass is 9.99. The Morgan fingerprint density at radius 3 is 2.60 bits per heavy atom. The van der Waals surface area contributed by atoms with E-state index in [1.165, 1.54) is 11.3 Å². The van der Waals surface area contributed by atoms with Crippen molar-refractivity contribution in [3.05, 3.63) is 51.2 Å². The van der Waals surface area contributed by atoms with Crippen LogP contribution in [0.4, 0.5) is 17.6 Å². The molecule has 0 amide bonds. The van der Waals surface area contributed by atoms with Crippen molar-refractivity contribution in [3.8, 4) is 0 Å². The molecule has 108 valence electrons. The summed E-state index contributed by atoms with van der Waals surface area (Å²) in [7, 11) is 0. The highest BCUT2D eigenvalue weighted by molar-refractivity contribution is 7.09. The van der Waals surface area contributed by atoms with Crippen LogP contribution in [0.1, 0.15) is 27.9 Å². The van der Waals surface area contributed by atoms with Crippen LogP contribution in [0.3, 0.4) is 0 Å². The number of rotatable bonds is 3. The topological polar surface area (TPSA) is 33.1 Å². The van der Waals surface area contributed by atoms with Crippen LogP contribution < -0.4 is 0 Å². The molecule has 2 nitrogen and oxygen atoms in total. The number of aryl methyl sites for hydroxylation is 1. The van der Waals surface area contributed by atoms with Gasteiger partial charge in [0.15, 0.2) is 0 Å². The van der Waals surface area contributed by atoms with Gasteiger partial charge < -0.3 is 5.11 Å². The molecule has 1 aromatic carbocycles. The van der Waals surface area contributed by atoms with Gasteiger partial charge in [0.2, 0.25) is 0 Å². The molecule has 1 N–H and O–H groups in total. The van der Waals surface area contributed by atoms with Gasteiger partial charge in [-0.3, -0.25) is 0 Å². The van der Waals surface area contributed by atoms with Gasteiger partial charge in [-0.2, -0.15) is 13.2 Å². The molecule has 0 aliphatic heterocycles. The van der Waals surface area contributed by atoms with Crippen molar-refractivity contribution in [1.82, 2.24) is 4.98 Å². The van der Waals surface area contributed by atoms with Crippen LogP contribution in [0, 0.1) is 12.7 Å². The number of hydrogen-bond acceptors (Lipinski definition) is 3. The van der Waals surface area contributed by atoms with E-state index in [9.17, 15) is 22.7 Å². The van der Waals surface area contributed by atoms with E-state index in [-0.39, 0.29) is 6.42 Å². The Kier molecular flexibility index (Phi) is 4.10. The lowest BCUT2D eigenvalue weighted by Gasteiger charge is -2.17. The Morgan fingerprint density at radius 1 is 1.35 bits per heavy atom. The molecular formula is C13H11F4NOS. The van der Waals surface area contributed by atoms with Crippen LogP contribution in [0.25, 0.3) is 0 Å². The largest absolute Gasteiger partial charge is 0.416 e. The number of aliphatic hydroxyl groups is 1. The van der Waals surface area contributed by atoms with Gasteiger partial charge in [0.1, 0.15) is 5.82 Å². The molecule has 0 saturated carbocycles. The average molecular weight is 305 g/mol. The minimum Gasteiger partial charge on any atom is -0.388 e. The zero-order valence-corrected chi connectivity index (χ0v) is 11.2. The van der Waals surface area contributed by atoms with Crippen molar-refractivity contribution in [3.63, 3.8) is 0 Å². The van der Waals surface area contributed by atoms with Crippen molar-refractivity contribution < 1.29 is 22.7 Å². The summed E-state index contributed by atoms with van der Waals surface area (Å²) in [5.74, 6) is -0.817. The van der Waals surface area contributed by atoms with Crippen molar-refractivity contribution in [2.24, 2.45) is 0 Å². The number of nitrogens with zero attached hydrogens (tertiary/aromatic N) is 1. The summed E-state index contributed by atoms with van der Waals surface area (Å²) in [6.07, 6.45) is -6.17. The van der Waals surface area contributed by atoms with Crippen LogP contribution in [-0.4, -0.2) is 10.1 Å². The van der Waals surface area contributed by atoms with Crippen LogP contribution in [-0.2, 0) is 12.6 Å².